The summed E-state index contributed by atoms with van der Waals surface area (Å²) in [6.45, 7) is 0. The summed E-state index contributed by atoms with van der Waals surface area (Å²) in [4.78, 5) is 21.9. The molecule has 2 rings (SSSR count). The van der Waals surface area contributed by atoms with E-state index < -0.39 is 44.1 Å². The number of rotatable bonds is 5. The molecule has 0 saturated carbocycles. The van der Waals surface area contributed by atoms with E-state index in [0.717, 1.165) is 19.4 Å². The van der Waals surface area contributed by atoms with Crippen molar-refractivity contribution in [1.82, 2.24) is 0 Å². The lowest BCUT2D eigenvalue weighted by atomic mass is 10.1. The Hall–Kier alpha value is -2.96. The fourth-order valence-corrected chi connectivity index (χ4v) is 2.51. The molecule has 140 valence electrons. The molecule has 0 spiro atoms. The van der Waals surface area contributed by atoms with E-state index in [-0.39, 0.29) is 15.7 Å². The largest absolute Gasteiger partial charge is 0.540 e. The third-order valence-electron chi connectivity index (χ3n) is 3.19. The standard InChI is InChI=1S/C13H10F3N2O7S/c1-24-10(19)7-9-5-4-8-3-2-6-17(11(8)12(9)18(20)21)25-26(22,23)13(14,15)16/h2-6H,7H2,1H3/q+1. The minimum Gasteiger partial charge on any atom is -0.469 e. The predicted octanol–water partition coefficient (Wildman–Crippen LogP) is 1.03. The van der Waals surface area contributed by atoms with Gasteiger partial charge in [0.15, 0.2) is 0 Å². The Morgan fingerprint density at radius 2 is 1.96 bits per heavy atom. The molecule has 2 aromatic rings. The maximum atomic E-state index is 12.6. The van der Waals surface area contributed by atoms with Crippen LogP contribution in [0, 0.1) is 10.1 Å². The van der Waals surface area contributed by atoms with Crippen LogP contribution in [0.3, 0.4) is 0 Å². The maximum Gasteiger partial charge on any atom is 0.540 e. The third-order valence-corrected chi connectivity index (χ3v) is 4.11. The van der Waals surface area contributed by atoms with Crippen molar-refractivity contribution in [1.29, 1.82) is 0 Å². The lowest BCUT2D eigenvalue weighted by molar-refractivity contribution is -0.836. The van der Waals surface area contributed by atoms with Crippen LogP contribution in [0.15, 0.2) is 30.5 Å². The Kier molecular flexibility index (Phi) is 5.02. The van der Waals surface area contributed by atoms with Gasteiger partial charge >= 0.3 is 32.8 Å². The average molecular weight is 395 g/mol. The van der Waals surface area contributed by atoms with E-state index in [1.165, 1.54) is 18.2 Å². The number of esters is 1. The first-order valence-electron chi connectivity index (χ1n) is 6.66. The number of ether oxygens (including phenoxy) is 1. The molecule has 1 heterocycles. The van der Waals surface area contributed by atoms with Gasteiger partial charge in [-0.05, 0) is 12.1 Å². The number of hydrogen-bond donors (Lipinski definition) is 0. The molecule has 0 radical (unpaired) electrons. The van der Waals surface area contributed by atoms with Gasteiger partial charge in [-0.25, -0.2) is 0 Å². The lowest BCUT2D eigenvalue weighted by Gasteiger charge is -2.06. The highest BCUT2D eigenvalue weighted by molar-refractivity contribution is 7.87. The van der Waals surface area contributed by atoms with E-state index in [2.05, 4.69) is 9.02 Å². The SMILES string of the molecule is COC(=O)Cc1ccc2ccc[n+](OS(=O)(=O)C(F)(F)F)c2c1[N+](=O)[O-]. The van der Waals surface area contributed by atoms with Gasteiger partial charge < -0.3 is 4.74 Å². The van der Waals surface area contributed by atoms with Gasteiger partial charge in [-0.3, -0.25) is 14.9 Å². The summed E-state index contributed by atoms with van der Waals surface area (Å²) in [5.74, 6) is -0.834. The van der Waals surface area contributed by atoms with Crippen molar-refractivity contribution in [3.8, 4) is 0 Å². The number of methoxy groups -OCH3 is 1. The molecule has 0 fully saturated rings. The van der Waals surface area contributed by atoms with Gasteiger partial charge in [0.05, 0.1) is 23.8 Å². The molecule has 26 heavy (non-hydrogen) atoms. The second kappa shape index (κ2) is 6.74. The van der Waals surface area contributed by atoms with Crippen LogP contribution in [0.4, 0.5) is 18.9 Å². The Morgan fingerprint density at radius 3 is 2.50 bits per heavy atom. The molecule has 13 heteroatoms. The number of carbonyl (C=O) groups is 1. The van der Waals surface area contributed by atoms with Crippen LogP contribution in [-0.4, -0.2) is 31.9 Å². The number of fused-ring (bicyclic) bond motifs is 1. The smallest absolute Gasteiger partial charge is 0.469 e. The second-order valence-corrected chi connectivity index (χ2v) is 6.35. The molecule has 0 unspecified atom stereocenters. The summed E-state index contributed by atoms with van der Waals surface area (Å²) in [6.07, 6.45) is 0.213. The normalized spacial score (nSPS) is 12.0. The molecule has 0 atom stereocenters. The van der Waals surface area contributed by atoms with Crippen molar-refractivity contribution in [3.63, 3.8) is 0 Å². The Morgan fingerprint density at radius 1 is 1.31 bits per heavy atom. The first-order chi connectivity index (χ1) is 12.0. The molecule has 0 aliphatic heterocycles. The number of nitro benzene ring substituents is 1. The van der Waals surface area contributed by atoms with Crippen LogP contribution in [0.25, 0.3) is 10.9 Å². The van der Waals surface area contributed by atoms with E-state index in [0.29, 0.717) is 0 Å². The third kappa shape index (κ3) is 3.66. The van der Waals surface area contributed by atoms with E-state index in [1.807, 2.05) is 0 Å². The second-order valence-electron chi connectivity index (χ2n) is 4.83. The van der Waals surface area contributed by atoms with Crippen molar-refractivity contribution < 1.29 is 45.1 Å². The zero-order chi connectivity index (χ0) is 19.7. The lowest BCUT2D eigenvalue weighted by Crippen LogP contribution is -2.50. The number of nitro groups is 1. The summed E-state index contributed by atoms with van der Waals surface area (Å²) in [7, 11) is -5.03. The quantitative estimate of drug-likeness (QED) is 0.244. The highest BCUT2D eigenvalue weighted by Gasteiger charge is 2.52. The van der Waals surface area contributed by atoms with Crippen LogP contribution in [0.5, 0.6) is 0 Å². The van der Waals surface area contributed by atoms with Gasteiger partial charge in [0.1, 0.15) is 0 Å². The van der Waals surface area contributed by atoms with Gasteiger partial charge in [-0.2, -0.15) is 21.6 Å². The maximum absolute atomic E-state index is 12.6. The van der Waals surface area contributed by atoms with Crippen molar-refractivity contribution in [2.45, 2.75) is 11.9 Å². The average Bonchev–Trinajstić information content (AvgIpc) is 2.53. The summed E-state index contributed by atoms with van der Waals surface area (Å²) in [5.41, 5.74) is -7.28. The zero-order valence-electron chi connectivity index (χ0n) is 12.9. The predicted molar refractivity (Wildman–Crippen MR) is 78.1 cm³/mol. The Labute approximate surface area is 143 Å². The molecule has 0 aliphatic carbocycles. The fraction of sp³-hybridized carbons (Fsp3) is 0.231. The van der Waals surface area contributed by atoms with Gasteiger partial charge in [-0.15, -0.1) is 4.28 Å². The van der Waals surface area contributed by atoms with Crippen LogP contribution in [0.2, 0.25) is 0 Å². The van der Waals surface area contributed by atoms with E-state index in [4.69, 9.17) is 0 Å². The number of carbonyl (C=O) groups excluding carboxylic acids is 1. The number of alkyl halides is 3. The van der Waals surface area contributed by atoms with Crippen molar-refractivity contribution >= 4 is 32.7 Å². The minimum atomic E-state index is -6.08. The van der Waals surface area contributed by atoms with E-state index in [1.54, 1.807) is 0 Å². The number of pyridine rings is 1. The van der Waals surface area contributed by atoms with Crippen molar-refractivity contribution in [2.24, 2.45) is 0 Å². The molecular formula is C13H10F3N2O7S+. The van der Waals surface area contributed by atoms with Crippen molar-refractivity contribution in [2.75, 3.05) is 7.11 Å². The first-order valence-corrected chi connectivity index (χ1v) is 8.07. The number of nitrogens with zero attached hydrogens (tertiary/aromatic N) is 2. The molecule has 0 saturated heterocycles. The minimum absolute atomic E-state index is 0.0187. The molecule has 1 aromatic carbocycles. The Bertz CT molecular complexity index is 989. The monoisotopic (exact) mass is 395 g/mol. The fourth-order valence-electron chi connectivity index (χ4n) is 2.09. The van der Waals surface area contributed by atoms with Crippen LogP contribution in [0.1, 0.15) is 5.56 Å². The molecular weight excluding hydrogens is 385 g/mol. The van der Waals surface area contributed by atoms with Gasteiger partial charge in [-0.1, -0.05) is 6.07 Å². The van der Waals surface area contributed by atoms with Crippen molar-refractivity contribution in [3.05, 3.63) is 46.1 Å². The summed E-state index contributed by atoms with van der Waals surface area (Å²) in [5, 5.41) is 11.5. The molecule has 9 nitrogen and oxygen atoms in total. The van der Waals surface area contributed by atoms with Gasteiger partial charge in [0, 0.05) is 16.4 Å². The zero-order valence-corrected chi connectivity index (χ0v) is 13.7. The number of aromatic nitrogens is 1. The molecule has 0 amide bonds. The molecule has 0 aliphatic rings. The van der Waals surface area contributed by atoms with E-state index >= 15 is 0 Å². The highest BCUT2D eigenvalue weighted by Crippen LogP contribution is 2.28. The topological polar surface area (TPSA) is 117 Å². The number of hydrogen-bond acceptors (Lipinski definition) is 7. The first kappa shape index (κ1) is 19.4. The summed E-state index contributed by atoms with van der Waals surface area (Å²) in [6, 6.07) is 4.91. The number of benzene rings is 1. The van der Waals surface area contributed by atoms with Gasteiger partial charge in [0.25, 0.3) is 0 Å². The summed E-state index contributed by atoms with van der Waals surface area (Å²) < 4.78 is 68.7. The Balaban J connectivity index is 2.75. The summed E-state index contributed by atoms with van der Waals surface area (Å²) >= 11 is 0. The molecule has 0 bridgehead atoms. The molecule has 0 N–H and O–H groups in total. The van der Waals surface area contributed by atoms with Crippen LogP contribution < -0.4 is 9.01 Å². The van der Waals surface area contributed by atoms with Crippen LogP contribution in [-0.2, 0) is 26.1 Å². The molecule has 1 aromatic heterocycles. The number of halogens is 3. The van der Waals surface area contributed by atoms with E-state index in [9.17, 15) is 36.5 Å². The van der Waals surface area contributed by atoms with Gasteiger partial charge in [0.2, 0.25) is 6.20 Å². The highest BCUT2D eigenvalue weighted by atomic mass is 32.2. The van der Waals surface area contributed by atoms with Crippen LogP contribution >= 0.6 is 0 Å².